The lowest BCUT2D eigenvalue weighted by Gasteiger charge is -2.25. The first-order valence-corrected chi connectivity index (χ1v) is 8.94. The summed E-state index contributed by atoms with van der Waals surface area (Å²) < 4.78 is 5.36. The highest BCUT2D eigenvalue weighted by molar-refractivity contribution is 5.95. The van der Waals surface area contributed by atoms with E-state index in [4.69, 9.17) is 4.74 Å². The largest absolute Gasteiger partial charge is 0.444 e. The number of carbonyl (C=O) groups is 2. The fourth-order valence-electron chi connectivity index (χ4n) is 3.09. The normalized spacial score (nSPS) is 16.4. The fourth-order valence-corrected chi connectivity index (χ4v) is 3.09. The quantitative estimate of drug-likeness (QED) is 0.868. The summed E-state index contributed by atoms with van der Waals surface area (Å²) in [4.78, 5) is 26.1. The van der Waals surface area contributed by atoms with E-state index >= 15 is 0 Å². The molecule has 0 saturated heterocycles. The van der Waals surface area contributed by atoms with Crippen molar-refractivity contribution in [3.05, 3.63) is 29.8 Å². The predicted molar refractivity (Wildman–Crippen MR) is 99.3 cm³/mol. The zero-order chi connectivity index (χ0) is 18.7. The van der Waals surface area contributed by atoms with Crippen molar-refractivity contribution in [2.24, 2.45) is 5.41 Å². The SMILES string of the molecule is CN(Cc1cccc(NC(=O)C2(C)CCCC2)c1)C(=O)OC(C)(C)C. The Morgan fingerprint density at radius 2 is 1.88 bits per heavy atom. The van der Waals surface area contributed by atoms with Gasteiger partial charge in [0.1, 0.15) is 5.60 Å². The number of hydrogen-bond acceptors (Lipinski definition) is 3. The fraction of sp³-hybridized carbons (Fsp3) is 0.600. The van der Waals surface area contributed by atoms with Gasteiger partial charge in [0.25, 0.3) is 0 Å². The molecular formula is C20H30N2O3. The molecule has 5 nitrogen and oxygen atoms in total. The van der Waals surface area contributed by atoms with Crippen molar-refractivity contribution in [3.8, 4) is 0 Å². The van der Waals surface area contributed by atoms with Gasteiger partial charge >= 0.3 is 6.09 Å². The van der Waals surface area contributed by atoms with Gasteiger partial charge in [-0.25, -0.2) is 4.79 Å². The molecule has 2 amide bonds. The molecule has 5 heteroatoms. The number of nitrogens with zero attached hydrogens (tertiary/aromatic N) is 1. The molecule has 25 heavy (non-hydrogen) atoms. The summed E-state index contributed by atoms with van der Waals surface area (Å²) in [5, 5.41) is 3.03. The van der Waals surface area contributed by atoms with Crippen LogP contribution in [0.2, 0.25) is 0 Å². The van der Waals surface area contributed by atoms with E-state index in [1.165, 1.54) is 4.90 Å². The second-order valence-electron chi connectivity index (χ2n) is 8.26. The van der Waals surface area contributed by atoms with Crippen LogP contribution in [0.15, 0.2) is 24.3 Å². The lowest BCUT2D eigenvalue weighted by molar-refractivity contribution is -0.124. The molecule has 0 spiro atoms. The number of hydrogen-bond donors (Lipinski definition) is 1. The lowest BCUT2D eigenvalue weighted by atomic mass is 9.88. The van der Waals surface area contributed by atoms with E-state index in [2.05, 4.69) is 5.32 Å². The molecule has 0 bridgehead atoms. The monoisotopic (exact) mass is 346 g/mol. The first kappa shape index (κ1) is 19.3. The minimum atomic E-state index is -0.516. The third-order valence-electron chi connectivity index (χ3n) is 4.57. The van der Waals surface area contributed by atoms with Crippen LogP contribution < -0.4 is 5.32 Å². The van der Waals surface area contributed by atoms with E-state index in [9.17, 15) is 9.59 Å². The summed E-state index contributed by atoms with van der Waals surface area (Å²) in [6.45, 7) is 8.00. The first-order valence-electron chi connectivity index (χ1n) is 8.94. The van der Waals surface area contributed by atoms with Crippen LogP contribution >= 0.6 is 0 Å². The Labute approximate surface area is 150 Å². The van der Waals surface area contributed by atoms with Crippen LogP contribution in [0, 0.1) is 5.41 Å². The van der Waals surface area contributed by atoms with Gasteiger partial charge in [-0.3, -0.25) is 4.79 Å². The average Bonchev–Trinajstić information content (AvgIpc) is 2.94. The van der Waals surface area contributed by atoms with E-state index in [1.807, 2.05) is 52.0 Å². The van der Waals surface area contributed by atoms with Crippen LogP contribution in [0.25, 0.3) is 0 Å². The Balaban J connectivity index is 1.99. The molecule has 0 unspecified atom stereocenters. The van der Waals surface area contributed by atoms with E-state index in [0.717, 1.165) is 36.9 Å². The smallest absolute Gasteiger partial charge is 0.410 e. The third-order valence-corrected chi connectivity index (χ3v) is 4.57. The Morgan fingerprint density at radius 1 is 1.24 bits per heavy atom. The summed E-state index contributed by atoms with van der Waals surface area (Å²) in [7, 11) is 1.71. The molecule has 0 radical (unpaired) electrons. The maximum atomic E-state index is 12.5. The van der Waals surface area contributed by atoms with E-state index < -0.39 is 5.60 Å². The highest BCUT2D eigenvalue weighted by Gasteiger charge is 2.36. The van der Waals surface area contributed by atoms with E-state index in [-0.39, 0.29) is 17.4 Å². The third kappa shape index (κ3) is 5.48. The van der Waals surface area contributed by atoms with Gasteiger partial charge in [0.05, 0.1) is 0 Å². The molecule has 0 aromatic heterocycles. The summed E-state index contributed by atoms with van der Waals surface area (Å²) in [5.41, 5.74) is 0.942. The van der Waals surface area contributed by atoms with Crippen LogP contribution in [0.5, 0.6) is 0 Å². The standard InChI is InChI=1S/C20H30N2O3/c1-19(2,3)25-18(24)22(5)14-15-9-8-10-16(13-15)21-17(23)20(4)11-6-7-12-20/h8-10,13H,6-7,11-12,14H2,1-5H3,(H,21,23). The van der Waals surface area contributed by atoms with Crippen LogP contribution in [-0.2, 0) is 16.1 Å². The molecular weight excluding hydrogens is 316 g/mol. The van der Waals surface area contributed by atoms with Crippen molar-refractivity contribution in [2.45, 2.75) is 65.5 Å². The zero-order valence-corrected chi connectivity index (χ0v) is 16.0. The van der Waals surface area contributed by atoms with Gasteiger partial charge in [0.15, 0.2) is 0 Å². The lowest BCUT2D eigenvalue weighted by Crippen LogP contribution is -2.33. The minimum Gasteiger partial charge on any atom is -0.444 e. The van der Waals surface area contributed by atoms with Gasteiger partial charge in [0.2, 0.25) is 5.91 Å². The first-order chi connectivity index (χ1) is 11.6. The molecule has 2 rings (SSSR count). The van der Waals surface area contributed by atoms with Crippen LogP contribution in [0.3, 0.4) is 0 Å². The Morgan fingerprint density at radius 3 is 2.48 bits per heavy atom. The molecule has 1 aliphatic rings. The summed E-state index contributed by atoms with van der Waals surface area (Å²) in [5.74, 6) is 0.0858. The predicted octanol–water partition coefficient (Wildman–Crippen LogP) is 4.57. The summed E-state index contributed by atoms with van der Waals surface area (Å²) >= 11 is 0. The van der Waals surface area contributed by atoms with Crippen molar-refractivity contribution >= 4 is 17.7 Å². The second-order valence-corrected chi connectivity index (χ2v) is 8.26. The van der Waals surface area contributed by atoms with Gasteiger partial charge in [-0.15, -0.1) is 0 Å². The summed E-state index contributed by atoms with van der Waals surface area (Å²) in [6, 6.07) is 7.63. The molecule has 0 aliphatic heterocycles. The highest BCUT2D eigenvalue weighted by Crippen LogP contribution is 2.38. The van der Waals surface area contributed by atoms with Crippen molar-refractivity contribution < 1.29 is 14.3 Å². The second kappa shape index (κ2) is 7.46. The topological polar surface area (TPSA) is 58.6 Å². The van der Waals surface area contributed by atoms with Gasteiger partial charge in [-0.1, -0.05) is 31.9 Å². The van der Waals surface area contributed by atoms with E-state index in [0.29, 0.717) is 6.54 Å². The number of ether oxygens (including phenoxy) is 1. The molecule has 138 valence electrons. The van der Waals surface area contributed by atoms with Crippen LogP contribution in [-0.4, -0.2) is 29.5 Å². The van der Waals surface area contributed by atoms with Crippen LogP contribution in [0.4, 0.5) is 10.5 Å². The zero-order valence-electron chi connectivity index (χ0n) is 16.0. The minimum absolute atomic E-state index is 0.0858. The molecule has 1 aliphatic carbocycles. The molecule has 1 N–H and O–H groups in total. The average molecular weight is 346 g/mol. The Kier molecular flexibility index (Phi) is 5.76. The van der Waals surface area contributed by atoms with Gasteiger partial charge < -0.3 is 15.0 Å². The summed E-state index contributed by atoms with van der Waals surface area (Å²) in [6.07, 6.45) is 3.76. The van der Waals surface area contributed by atoms with Crippen LogP contribution in [0.1, 0.15) is 58.9 Å². The number of anilines is 1. The molecule has 1 saturated carbocycles. The number of rotatable bonds is 4. The maximum absolute atomic E-state index is 12.5. The van der Waals surface area contributed by atoms with Crippen molar-refractivity contribution in [1.29, 1.82) is 0 Å². The van der Waals surface area contributed by atoms with Gasteiger partial charge in [-0.05, 0) is 51.3 Å². The maximum Gasteiger partial charge on any atom is 0.410 e. The Bertz CT molecular complexity index is 628. The number of benzene rings is 1. The number of carbonyl (C=O) groups excluding carboxylic acids is 2. The van der Waals surface area contributed by atoms with Crippen molar-refractivity contribution in [1.82, 2.24) is 4.90 Å². The van der Waals surface area contributed by atoms with Gasteiger partial charge in [-0.2, -0.15) is 0 Å². The molecule has 0 atom stereocenters. The highest BCUT2D eigenvalue weighted by atomic mass is 16.6. The van der Waals surface area contributed by atoms with Crippen molar-refractivity contribution in [2.75, 3.05) is 12.4 Å². The molecule has 0 heterocycles. The van der Waals surface area contributed by atoms with Crippen molar-refractivity contribution in [3.63, 3.8) is 0 Å². The molecule has 1 aromatic rings. The van der Waals surface area contributed by atoms with Gasteiger partial charge in [0, 0.05) is 24.7 Å². The molecule has 1 fully saturated rings. The number of nitrogens with one attached hydrogen (secondary N) is 1. The molecule has 1 aromatic carbocycles. The van der Waals surface area contributed by atoms with E-state index in [1.54, 1.807) is 7.05 Å². The Hall–Kier alpha value is -2.04. The number of amides is 2.